The van der Waals surface area contributed by atoms with Gasteiger partial charge >= 0.3 is 5.97 Å². The maximum atomic E-state index is 11.8. The second kappa shape index (κ2) is 7.48. The first-order valence-electron chi connectivity index (χ1n) is 8.53. The van der Waals surface area contributed by atoms with Crippen LogP contribution in [0.3, 0.4) is 0 Å². The Labute approximate surface area is 153 Å². The third-order valence-corrected chi connectivity index (χ3v) is 4.82. The van der Waals surface area contributed by atoms with E-state index in [2.05, 4.69) is 48.7 Å². The summed E-state index contributed by atoms with van der Waals surface area (Å²) in [4.78, 5) is 11.8. The maximum absolute atomic E-state index is 11.8. The van der Waals surface area contributed by atoms with Crippen molar-refractivity contribution < 1.29 is 14.3 Å². The quantitative estimate of drug-likeness (QED) is 0.388. The van der Waals surface area contributed by atoms with Gasteiger partial charge in [0.05, 0.1) is 14.2 Å². The molecule has 0 aliphatic carbocycles. The molecule has 0 amide bonds. The lowest BCUT2D eigenvalue weighted by atomic mass is 10.1. The van der Waals surface area contributed by atoms with E-state index in [4.69, 9.17) is 9.47 Å². The van der Waals surface area contributed by atoms with Gasteiger partial charge < -0.3 is 14.0 Å². The van der Waals surface area contributed by atoms with Gasteiger partial charge in [-0.05, 0) is 42.7 Å². The maximum Gasteiger partial charge on any atom is 0.373 e. The van der Waals surface area contributed by atoms with E-state index in [-0.39, 0.29) is 5.76 Å². The van der Waals surface area contributed by atoms with Crippen molar-refractivity contribution in [3.05, 3.63) is 76.7 Å². The zero-order chi connectivity index (χ0) is 18.7. The van der Waals surface area contributed by atoms with E-state index < -0.39 is 5.97 Å². The minimum Gasteiger partial charge on any atom is -0.490 e. The number of para-hydroxylation sites is 1. The molecule has 0 spiro atoms. The van der Waals surface area contributed by atoms with Crippen molar-refractivity contribution in [2.45, 2.75) is 20.4 Å². The highest BCUT2D eigenvalue weighted by Crippen LogP contribution is 2.27. The van der Waals surface area contributed by atoms with Crippen LogP contribution in [-0.4, -0.2) is 24.8 Å². The molecule has 1 heterocycles. The average molecular weight is 349 g/mol. The number of rotatable bonds is 5. The summed E-state index contributed by atoms with van der Waals surface area (Å²) in [5.41, 5.74) is 5.78. The van der Waals surface area contributed by atoms with Gasteiger partial charge in [0.15, 0.2) is 0 Å². The molecule has 0 bridgehead atoms. The van der Waals surface area contributed by atoms with E-state index >= 15 is 0 Å². The van der Waals surface area contributed by atoms with Crippen LogP contribution in [0.1, 0.15) is 22.4 Å². The standard InChI is InChI=1S/C22H23NO3/c1-15-16(2)23(20-12-8-7-11-19(15)20)14-18-10-6-5-9-17(18)13-21(25-3)22(24)26-4/h5-13H,14H2,1-4H3. The molecule has 26 heavy (non-hydrogen) atoms. The van der Waals surface area contributed by atoms with Crippen molar-refractivity contribution in [3.63, 3.8) is 0 Å². The summed E-state index contributed by atoms with van der Waals surface area (Å²) in [6.45, 7) is 5.01. The number of hydrogen-bond donors (Lipinski definition) is 0. The van der Waals surface area contributed by atoms with Crippen LogP contribution in [0.25, 0.3) is 17.0 Å². The predicted octanol–water partition coefficient (Wildman–Crippen LogP) is 4.47. The number of carbonyl (C=O) groups is 1. The highest BCUT2D eigenvalue weighted by molar-refractivity contribution is 5.91. The first-order valence-corrected chi connectivity index (χ1v) is 8.53. The van der Waals surface area contributed by atoms with Crippen molar-refractivity contribution in [2.24, 2.45) is 0 Å². The smallest absolute Gasteiger partial charge is 0.373 e. The summed E-state index contributed by atoms with van der Waals surface area (Å²) in [6, 6.07) is 16.4. The Kier molecular flexibility index (Phi) is 5.12. The van der Waals surface area contributed by atoms with Crippen LogP contribution in [0.15, 0.2) is 54.3 Å². The lowest BCUT2D eigenvalue weighted by molar-refractivity contribution is -0.139. The average Bonchev–Trinajstić information content (AvgIpc) is 2.92. The molecule has 0 unspecified atom stereocenters. The van der Waals surface area contributed by atoms with E-state index in [1.165, 1.54) is 36.4 Å². The molecule has 2 aromatic carbocycles. The number of methoxy groups -OCH3 is 2. The van der Waals surface area contributed by atoms with Crippen LogP contribution < -0.4 is 0 Å². The highest BCUT2D eigenvalue weighted by Gasteiger charge is 2.14. The largest absolute Gasteiger partial charge is 0.490 e. The Morgan fingerprint density at radius 1 is 1.00 bits per heavy atom. The molecule has 134 valence electrons. The number of aryl methyl sites for hydroxylation is 1. The number of carbonyl (C=O) groups excluding carboxylic acids is 1. The van der Waals surface area contributed by atoms with Crippen molar-refractivity contribution in [1.82, 2.24) is 4.57 Å². The summed E-state index contributed by atoms with van der Waals surface area (Å²) in [6.07, 6.45) is 1.73. The Morgan fingerprint density at radius 2 is 1.69 bits per heavy atom. The van der Waals surface area contributed by atoms with Gasteiger partial charge in [-0.1, -0.05) is 42.5 Å². The molecular weight excluding hydrogens is 326 g/mol. The number of hydrogen-bond acceptors (Lipinski definition) is 3. The Balaban J connectivity index is 2.07. The molecule has 0 radical (unpaired) electrons. The fourth-order valence-electron chi connectivity index (χ4n) is 3.24. The van der Waals surface area contributed by atoms with E-state index in [1.807, 2.05) is 18.2 Å². The van der Waals surface area contributed by atoms with E-state index in [1.54, 1.807) is 6.08 Å². The predicted molar refractivity (Wildman–Crippen MR) is 104 cm³/mol. The second-order valence-corrected chi connectivity index (χ2v) is 6.22. The summed E-state index contributed by atoms with van der Waals surface area (Å²) in [5.74, 6) is -0.300. The van der Waals surface area contributed by atoms with Crippen LogP contribution in [0, 0.1) is 13.8 Å². The van der Waals surface area contributed by atoms with E-state index in [0.717, 1.165) is 11.1 Å². The zero-order valence-electron chi connectivity index (χ0n) is 15.6. The monoisotopic (exact) mass is 349 g/mol. The highest BCUT2D eigenvalue weighted by atomic mass is 16.6. The minimum atomic E-state index is -0.485. The lowest BCUT2D eigenvalue weighted by Crippen LogP contribution is -2.07. The fraction of sp³-hybridized carbons (Fsp3) is 0.227. The van der Waals surface area contributed by atoms with Crippen LogP contribution in [0.5, 0.6) is 0 Å². The Bertz CT molecular complexity index is 982. The number of fused-ring (bicyclic) bond motifs is 1. The van der Waals surface area contributed by atoms with Crippen molar-refractivity contribution >= 4 is 22.9 Å². The van der Waals surface area contributed by atoms with Gasteiger partial charge in [0, 0.05) is 23.1 Å². The van der Waals surface area contributed by atoms with Gasteiger partial charge in [-0.25, -0.2) is 4.79 Å². The molecule has 0 aliphatic heterocycles. The third kappa shape index (κ3) is 3.23. The van der Waals surface area contributed by atoms with Crippen molar-refractivity contribution in [2.75, 3.05) is 14.2 Å². The number of aromatic nitrogens is 1. The van der Waals surface area contributed by atoms with Gasteiger partial charge in [0.2, 0.25) is 5.76 Å². The molecule has 0 saturated carbocycles. The fourth-order valence-corrected chi connectivity index (χ4v) is 3.24. The first kappa shape index (κ1) is 17.8. The first-order chi connectivity index (χ1) is 12.6. The van der Waals surface area contributed by atoms with Crippen LogP contribution in [-0.2, 0) is 20.8 Å². The van der Waals surface area contributed by atoms with Gasteiger partial charge in [0.1, 0.15) is 0 Å². The van der Waals surface area contributed by atoms with Gasteiger partial charge in [-0.15, -0.1) is 0 Å². The Morgan fingerprint density at radius 3 is 2.42 bits per heavy atom. The number of esters is 1. The van der Waals surface area contributed by atoms with Crippen molar-refractivity contribution in [3.8, 4) is 0 Å². The molecule has 0 atom stereocenters. The molecule has 0 aliphatic rings. The summed E-state index contributed by atoms with van der Waals surface area (Å²) < 4.78 is 12.3. The van der Waals surface area contributed by atoms with Crippen LogP contribution >= 0.6 is 0 Å². The molecule has 3 aromatic rings. The zero-order valence-corrected chi connectivity index (χ0v) is 15.6. The molecule has 0 N–H and O–H groups in total. The van der Waals surface area contributed by atoms with Gasteiger partial charge in [-0.2, -0.15) is 0 Å². The lowest BCUT2D eigenvalue weighted by Gasteiger charge is -2.12. The second-order valence-electron chi connectivity index (χ2n) is 6.22. The topological polar surface area (TPSA) is 40.5 Å². The van der Waals surface area contributed by atoms with E-state index in [9.17, 15) is 4.79 Å². The molecule has 3 rings (SSSR count). The van der Waals surface area contributed by atoms with Crippen molar-refractivity contribution in [1.29, 1.82) is 0 Å². The summed E-state index contributed by atoms with van der Waals surface area (Å²) in [7, 11) is 2.82. The number of benzene rings is 2. The van der Waals surface area contributed by atoms with Crippen LogP contribution in [0.4, 0.5) is 0 Å². The Hall–Kier alpha value is -3.01. The normalized spacial score (nSPS) is 11.6. The SMILES string of the molecule is COC(=O)C(=Cc1ccccc1Cn1c(C)c(C)c2ccccc21)OC. The van der Waals surface area contributed by atoms with E-state index in [0.29, 0.717) is 6.54 Å². The minimum absolute atomic E-state index is 0.185. The molecule has 0 saturated heterocycles. The summed E-state index contributed by atoms with van der Waals surface area (Å²) in [5, 5.41) is 1.27. The number of nitrogens with zero attached hydrogens (tertiary/aromatic N) is 1. The summed E-state index contributed by atoms with van der Waals surface area (Å²) >= 11 is 0. The molecule has 1 aromatic heterocycles. The molecule has 0 fully saturated rings. The van der Waals surface area contributed by atoms with Crippen LogP contribution in [0.2, 0.25) is 0 Å². The van der Waals surface area contributed by atoms with Gasteiger partial charge in [0.25, 0.3) is 0 Å². The molecule has 4 nitrogen and oxygen atoms in total. The number of ether oxygens (including phenoxy) is 2. The third-order valence-electron chi connectivity index (χ3n) is 4.82. The van der Waals surface area contributed by atoms with Gasteiger partial charge in [-0.3, -0.25) is 0 Å². The molecule has 4 heteroatoms. The molecular formula is C22H23NO3.